The van der Waals surface area contributed by atoms with Crippen molar-refractivity contribution in [3.8, 4) is 0 Å². The molecule has 6 heteroatoms. The van der Waals surface area contributed by atoms with E-state index in [9.17, 15) is 9.59 Å². The first-order valence-corrected chi connectivity index (χ1v) is 4.63. The van der Waals surface area contributed by atoms with E-state index in [1.165, 1.54) is 7.05 Å². The fourth-order valence-electron chi connectivity index (χ4n) is 1.31. The molecule has 1 unspecified atom stereocenters. The van der Waals surface area contributed by atoms with Crippen LogP contribution in [0, 0.1) is 0 Å². The molecule has 14 heavy (non-hydrogen) atoms. The summed E-state index contributed by atoms with van der Waals surface area (Å²) in [5.74, 6) is 0. The second-order valence-electron chi connectivity index (χ2n) is 3.11. The maximum absolute atomic E-state index is 11.1. The lowest BCUT2D eigenvalue weighted by atomic mass is 10.1. The number of nitrogens with one attached hydrogen (secondary N) is 3. The van der Waals surface area contributed by atoms with Crippen LogP contribution in [-0.2, 0) is 4.74 Å². The average Bonchev–Trinajstić information content (AvgIpc) is 2.19. The SMILES string of the molecule is CNC(=O)OC(=O)NC1CCCNC1. The lowest BCUT2D eigenvalue weighted by Crippen LogP contribution is -2.46. The van der Waals surface area contributed by atoms with Crippen molar-refractivity contribution in [2.75, 3.05) is 20.1 Å². The topological polar surface area (TPSA) is 79.5 Å². The molecule has 0 radical (unpaired) electrons. The van der Waals surface area contributed by atoms with E-state index in [1.54, 1.807) is 0 Å². The number of piperidine rings is 1. The predicted octanol–water partition coefficient (Wildman–Crippen LogP) is -0.196. The predicted molar refractivity (Wildman–Crippen MR) is 50.0 cm³/mol. The van der Waals surface area contributed by atoms with E-state index < -0.39 is 12.2 Å². The molecule has 1 rings (SSSR count). The highest BCUT2D eigenvalue weighted by Gasteiger charge is 2.17. The molecule has 0 saturated carbocycles. The second kappa shape index (κ2) is 5.43. The third-order valence-corrected chi connectivity index (χ3v) is 2.01. The van der Waals surface area contributed by atoms with Gasteiger partial charge in [-0.25, -0.2) is 9.59 Å². The highest BCUT2D eigenvalue weighted by molar-refractivity contribution is 5.83. The summed E-state index contributed by atoms with van der Waals surface area (Å²) in [7, 11) is 1.40. The Kier molecular flexibility index (Phi) is 4.18. The minimum Gasteiger partial charge on any atom is -0.359 e. The van der Waals surface area contributed by atoms with E-state index in [0.717, 1.165) is 25.9 Å². The molecule has 1 aliphatic rings. The van der Waals surface area contributed by atoms with Crippen molar-refractivity contribution >= 4 is 12.2 Å². The molecular weight excluding hydrogens is 186 g/mol. The summed E-state index contributed by atoms with van der Waals surface area (Å²) in [6.45, 7) is 1.70. The van der Waals surface area contributed by atoms with Gasteiger partial charge in [0, 0.05) is 19.6 Å². The van der Waals surface area contributed by atoms with E-state index >= 15 is 0 Å². The molecular formula is C8H15N3O3. The van der Waals surface area contributed by atoms with Gasteiger partial charge in [-0.15, -0.1) is 0 Å². The quantitative estimate of drug-likeness (QED) is 0.513. The van der Waals surface area contributed by atoms with E-state index in [0.29, 0.717) is 0 Å². The van der Waals surface area contributed by atoms with E-state index in [4.69, 9.17) is 0 Å². The molecule has 1 saturated heterocycles. The molecule has 3 N–H and O–H groups in total. The van der Waals surface area contributed by atoms with Crippen LogP contribution in [0.25, 0.3) is 0 Å². The molecule has 1 heterocycles. The smallest absolute Gasteiger partial charge is 0.359 e. The van der Waals surface area contributed by atoms with Gasteiger partial charge in [-0.3, -0.25) is 0 Å². The Hall–Kier alpha value is -1.30. The molecule has 1 atom stereocenters. The molecule has 0 aliphatic carbocycles. The highest BCUT2D eigenvalue weighted by atomic mass is 16.6. The van der Waals surface area contributed by atoms with Crippen molar-refractivity contribution in [1.82, 2.24) is 16.0 Å². The Morgan fingerprint density at radius 1 is 1.43 bits per heavy atom. The van der Waals surface area contributed by atoms with Crippen LogP contribution in [-0.4, -0.2) is 38.4 Å². The van der Waals surface area contributed by atoms with Gasteiger partial charge in [-0.05, 0) is 19.4 Å². The van der Waals surface area contributed by atoms with E-state index in [2.05, 4.69) is 20.7 Å². The van der Waals surface area contributed by atoms with Gasteiger partial charge in [0.15, 0.2) is 0 Å². The highest BCUT2D eigenvalue weighted by Crippen LogP contribution is 2.01. The second-order valence-corrected chi connectivity index (χ2v) is 3.11. The minimum atomic E-state index is -0.744. The number of ether oxygens (including phenoxy) is 1. The third-order valence-electron chi connectivity index (χ3n) is 2.01. The van der Waals surface area contributed by atoms with Gasteiger partial charge >= 0.3 is 12.2 Å². The van der Waals surface area contributed by atoms with Gasteiger partial charge in [0.25, 0.3) is 0 Å². The van der Waals surface area contributed by atoms with Gasteiger partial charge < -0.3 is 20.7 Å². The number of alkyl carbamates (subject to hydrolysis) is 2. The third kappa shape index (κ3) is 3.61. The largest absolute Gasteiger partial charge is 0.416 e. The molecule has 0 spiro atoms. The van der Waals surface area contributed by atoms with Gasteiger partial charge in [0.1, 0.15) is 0 Å². The number of amides is 2. The molecule has 0 aromatic rings. The van der Waals surface area contributed by atoms with Crippen molar-refractivity contribution < 1.29 is 14.3 Å². The Balaban J connectivity index is 2.21. The van der Waals surface area contributed by atoms with E-state index in [-0.39, 0.29) is 6.04 Å². The average molecular weight is 201 g/mol. The van der Waals surface area contributed by atoms with Crippen molar-refractivity contribution in [3.05, 3.63) is 0 Å². The van der Waals surface area contributed by atoms with Crippen molar-refractivity contribution in [2.45, 2.75) is 18.9 Å². The Labute approximate surface area is 82.4 Å². The summed E-state index contributed by atoms with van der Waals surface area (Å²) in [5, 5.41) is 7.93. The van der Waals surface area contributed by atoms with Gasteiger partial charge in [0.05, 0.1) is 0 Å². The van der Waals surface area contributed by atoms with Gasteiger partial charge in [-0.2, -0.15) is 0 Å². The molecule has 6 nitrogen and oxygen atoms in total. The maximum atomic E-state index is 11.1. The van der Waals surface area contributed by atoms with Crippen LogP contribution in [0.15, 0.2) is 0 Å². The zero-order chi connectivity index (χ0) is 10.4. The minimum absolute atomic E-state index is 0.0564. The van der Waals surface area contributed by atoms with Crippen LogP contribution >= 0.6 is 0 Å². The Bertz CT molecular complexity index is 214. The van der Waals surface area contributed by atoms with Crippen molar-refractivity contribution in [3.63, 3.8) is 0 Å². The molecule has 1 aliphatic heterocycles. The van der Waals surface area contributed by atoms with Crippen molar-refractivity contribution in [2.24, 2.45) is 0 Å². The van der Waals surface area contributed by atoms with Crippen LogP contribution in [0.4, 0.5) is 9.59 Å². The standard InChI is InChI=1S/C8H15N3O3/c1-9-7(12)14-8(13)11-6-3-2-4-10-5-6/h6,10H,2-5H2,1H3,(H,9,12)(H,11,13). The summed E-state index contributed by atoms with van der Waals surface area (Å²) >= 11 is 0. The molecule has 0 aromatic heterocycles. The van der Waals surface area contributed by atoms with Crippen molar-refractivity contribution in [1.29, 1.82) is 0 Å². The van der Waals surface area contributed by atoms with Gasteiger partial charge in [0.2, 0.25) is 0 Å². The monoisotopic (exact) mass is 201 g/mol. The first-order valence-electron chi connectivity index (χ1n) is 4.63. The lowest BCUT2D eigenvalue weighted by Gasteiger charge is -2.22. The zero-order valence-corrected chi connectivity index (χ0v) is 8.13. The molecule has 0 aromatic carbocycles. The summed E-state index contributed by atoms with van der Waals surface area (Å²) in [5.41, 5.74) is 0. The number of hydrogen-bond donors (Lipinski definition) is 3. The molecule has 2 amide bonds. The molecule has 0 bridgehead atoms. The first-order chi connectivity index (χ1) is 6.72. The van der Waals surface area contributed by atoms with Crippen LogP contribution in [0.1, 0.15) is 12.8 Å². The number of hydrogen-bond acceptors (Lipinski definition) is 4. The zero-order valence-electron chi connectivity index (χ0n) is 8.13. The lowest BCUT2D eigenvalue weighted by molar-refractivity contribution is 0.147. The summed E-state index contributed by atoms with van der Waals surface area (Å²) in [6.07, 6.45) is 0.491. The fourth-order valence-corrected chi connectivity index (χ4v) is 1.31. The first kappa shape index (κ1) is 10.8. The molecule has 80 valence electrons. The fraction of sp³-hybridized carbons (Fsp3) is 0.750. The number of rotatable bonds is 1. The van der Waals surface area contributed by atoms with Crippen LogP contribution in [0.3, 0.4) is 0 Å². The van der Waals surface area contributed by atoms with Crippen LogP contribution < -0.4 is 16.0 Å². The summed E-state index contributed by atoms with van der Waals surface area (Å²) < 4.78 is 4.37. The van der Waals surface area contributed by atoms with Crippen LogP contribution in [0.2, 0.25) is 0 Å². The van der Waals surface area contributed by atoms with Crippen LogP contribution in [0.5, 0.6) is 0 Å². The normalized spacial score (nSPS) is 21.1. The number of carbonyl (C=O) groups excluding carboxylic acids is 2. The Morgan fingerprint density at radius 2 is 2.21 bits per heavy atom. The van der Waals surface area contributed by atoms with Gasteiger partial charge in [-0.1, -0.05) is 0 Å². The molecule has 1 fully saturated rings. The number of carbonyl (C=O) groups is 2. The summed E-state index contributed by atoms with van der Waals surface area (Å²) in [6, 6.07) is 0.0564. The Morgan fingerprint density at radius 3 is 2.79 bits per heavy atom. The maximum Gasteiger partial charge on any atom is 0.416 e. The van der Waals surface area contributed by atoms with E-state index in [1.807, 2.05) is 0 Å². The summed E-state index contributed by atoms with van der Waals surface area (Å²) in [4.78, 5) is 21.7.